The summed E-state index contributed by atoms with van der Waals surface area (Å²) in [5, 5.41) is 14.7. The molecule has 1 saturated heterocycles. The van der Waals surface area contributed by atoms with Gasteiger partial charge >= 0.3 is 0 Å². The number of carbonyl (C=O) groups excluding carboxylic acids is 1. The maximum Gasteiger partial charge on any atom is 0.233 e. The molecule has 5 nitrogen and oxygen atoms in total. The van der Waals surface area contributed by atoms with Crippen molar-refractivity contribution in [3.63, 3.8) is 0 Å². The van der Waals surface area contributed by atoms with Crippen LogP contribution in [0.4, 0.5) is 5.69 Å². The molecule has 31 heavy (non-hydrogen) atoms. The maximum atomic E-state index is 12.3. The highest BCUT2D eigenvalue weighted by Crippen LogP contribution is 2.27. The van der Waals surface area contributed by atoms with E-state index in [1.807, 2.05) is 6.07 Å². The molecule has 1 heterocycles. The van der Waals surface area contributed by atoms with Crippen LogP contribution in [0.15, 0.2) is 48.5 Å². The van der Waals surface area contributed by atoms with Gasteiger partial charge in [-0.15, -0.1) is 11.8 Å². The smallest absolute Gasteiger partial charge is 0.233 e. The first-order chi connectivity index (χ1) is 15.1. The predicted octanol–water partition coefficient (Wildman–Crippen LogP) is 4.05. The number of carbonyl (C=O) groups is 1. The van der Waals surface area contributed by atoms with E-state index < -0.39 is 0 Å². The molecule has 2 aromatic carbocycles. The van der Waals surface area contributed by atoms with Crippen molar-refractivity contribution in [3.05, 3.63) is 54.1 Å². The van der Waals surface area contributed by atoms with Crippen LogP contribution in [0.3, 0.4) is 0 Å². The molecule has 2 N–H and O–H groups in total. The number of amides is 1. The summed E-state index contributed by atoms with van der Waals surface area (Å²) in [6.45, 7) is 8.49. The topological polar surface area (TPSA) is 68.2 Å². The Morgan fingerprint density at radius 2 is 1.71 bits per heavy atom. The van der Waals surface area contributed by atoms with Crippen LogP contribution >= 0.6 is 11.8 Å². The van der Waals surface area contributed by atoms with Crippen LogP contribution in [0, 0.1) is 17.2 Å². The first-order valence-corrected chi connectivity index (χ1v) is 12.0. The highest BCUT2D eigenvalue weighted by molar-refractivity contribution is 7.99. The van der Waals surface area contributed by atoms with E-state index in [1.54, 1.807) is 11.8 Å². The van der Waals surface area contributed by atoms with Gasteiger partial charge in [-0.1, -0.05) is 50.2 Å². The van der Waals surface area contributed by atoms with Gasteiger partial charge in [0.2, 0.25) is 5.91 Å². The molecule has 6 heteroatoms. The number of nitrogens with one attached hydrogen (secondary N) is 2. The van der Waals surface area contributed by atoms with Crippen molar-refractivity contribution < 1.29 is 4.79 Å². The highest BCUT2D eigenvalue weighted by Gasteiger charge is 2.20. The van der Waals surface area contributed by atoms with Gasteiger partial charge in [0.05, 0.1) is 11.3 Å². The molecule has 2 aromatic rings. The lowest BCUT2D eigenvalue weighted by molar-refractivity contribution is -0.120. The number of benzene rings is 2. The maximum absolute atomic E-state index is 12.3. The molecule has 3 rings (SSSR count). The Labute approximate surface area is 190 Å². The zero-order valence-electron chi connectivity index (χ0n) is 18.4. The number of nitrogens with zero attached hydrogens (tertiary/aromatic N) is 2. The average molecular weight is 437 g/mol. The summed E-state index contributed by atoms with van der Waals surface area (Å²) in [4.78, 5) is 14.8. The van der Waals surface area contributed by atoms with E-state index in [9.17, 15) is 4.79 Å². The van der Waals surface area contributed by atoms with Gasteiger partial charge in [0, 0.05) is 37.6 Å². The van der Waals surface area contributed by atoms with Crippen molar-refractivity contribution in [1.82, 2.24) is 10.6 Å². The lowest BCUT2D eigenvalue weighted by Gasteiger charge is -2.29. The standard InChI is InChI=1S/C25H32N4OS/c1-19(2)17-24(25(30)28-12-11-26)31-18-20-3-5-21(6-4-20)22-7-9-23(10-8-22)29-15-13-27-14-16-29/h3-10,19,24,27H,12-18H2,1-2H3,(H,28,30). The van der Waals surface area contributed by atoms with Gasteiger partial charge in [-0.3, -0.25) is 4.79 Å². The monoisotopic (exact) mass is 436 g/mol. The SMILES string of the molecule is CC(C)CC(SCc1ccc(-c2ccc(N3CCNCC3)cc2)cc1)C(=O)NCC#N. The minimum absolute atomic E-state index is 0.0403. The number of rotatable bonds is 9. The number of anilines is 1. The largest absolute Gasteiger partial charge is 0.369 e. The minimum Gasteiger partial charge on any atom is -0.369 e. The fourth-order valence-corrected chi connectivity index (χ4v) is 5.04. The summed E-state index contributed by atoms with van der Waals surface area (Å²) in [7, 11) is 0. The van der Waals surface area contributed by atoms with Gasteiger partial charge in [-0.2, -0.15) is 5.26 Å². The molecule has 1 atom stereocenters. The average Bonchev–Trinajstić information content (AvgIpc) is 2.81. The molecular weight excluding hydrogens is 404 g/mol. The van der Waals surface area contributed by atoms with Crippen LogP contribution in [0.25, 0.3) is 11.1 Å². The van der Waals surface area contributed by atoms with E-state index in [2.05, 4.69) is 77.9 Å². The molecule has 0 saturated carbocycles. The third-order valence-electron chi connectivity index (χ3n) is 5.41. The summed E-state index contributed by atoms with van der Waals surface area (Å²) in [6.07, 6.45) is 0.805. The first kappa shape index (κ1) is 23.2. The van der Waals surface area contributed by atoms with Gasteiger partial charge < -0.3 is 15.5 Å². The number of hydrogen-bond donors (Lipinski definition) is 2. The van der Waals surface area contributed by atoms with E-state index in [0.717, 1.165) is 38.4 Å². The van der Waals surface area contributed by atoms with Crippen LogP contribution in [0.5, 0.6) is 0 Å². The van der Waals surface area contributed by atoms with Crippen LogP contribution in [-0.2, 0) is 10.5 Å². The third-order valence-corrected chi connectivity index (χ3v) is 6.72. The molecular formula is C25H32N4OS. The van der Waals surface area contributed by atoms with Gasteiger partial charge in [0.1, 0.15) is 6.54 Å². The summed E-state index contributed by atoms with van der Waals surface area (Å²) in [6, 6.07) is 19.4. The van der Waals surface area contributed by atoms with Gasteiger partial charge in [-0.05, 0) is 41.2 Å². The summed E-state index contributed by atoms with van der Waals surface area (Å²) < 4.78 is 0. The molecule has 1 unspecified atom stereocenters. The first-order valence-electron chi connectivity index (χ1n) is 11.0. The van der Waals surface area contributed by atoms with Crippen molar-refractivity contribution in [1.29, 1.82) is 5.26 Å². The summed E-state index contributed by atoms with van der Waals surface area (Å²) in [5.74, 6) is 1.16. The summed E-state index contributed by atoms with van der Waals surface area (Å²) >= 11 is 1.65. The fraction of sp³-hybridized carbons (Fsp3) is 0.440. The second-order valence-electron chi connectivity index (χ2n) is 8.29. The second-order valence-corrected chi connectivity index (χ2v) is 9.48. The van der Waals surface area contributed by atoms with E-state index in [1.165, 1.54) is 22.4 Å². The molecule has 164 valence electrons. The molecule has 1 amide bonds. The molecule has 0 bridgehead atoms. The molecule has 0 aromatic heterocycles. The number of piperazine rings is 1. The van der Waals surface area contributed by atoms with Gasteiger partial charge in [-0.25, -0.2) is 0 Å². The highest BCUT2D eigenvalue weighted by atomic mass is 32.2. The molecule has 0 spiro atoms. The lowest BCUT2D eigenvalue weighted by atomic mass is 10.0. The minimum atomic E-state index is -0.134. The van der Waals surface area contributed by atoms with Crippen molar-refractivity contribution >= 4 is 23.4 Å². The predicted molar refractivity (Wildman–Crippen MR) is 130 cm³/mol. The Bertz CT molecular complexity index is 868. The molecule has 0 aliphatic carbocycles. The molecule has 1 aliphatic rings. The molecule has 1 aliphatic heterocycles. The fourth-order valence-electron chi connectivity index (χ4n) is 3.70. The normalized spacial score (nSPS) is 14.8. The van der Waals surface area contributed by atoms with Crippen LogP contribution in [0.2, 0.25) is 0 Å². The van der Waals surface area contributed by atoms with Gasteiger partial charge in [0.15, 0.2) is 0 Å². The second kappa shape index (κ2) is 11.8. The van der Waals surface area contributed by atoms with Crippen molar-refractivity contribution in [3.8, 4) is 17.2 Å². The van der Waals surface area contributed by atoms with Crippen LogP contribution in [0.1, 0.15) is 25.8 Å². The van der Waals surface area contributed by atoms with E-state index in [-0.39, 0.29) is 17.7 Å². The Hall–Kier alpha value is -2.49. The van der Waals surface area contributed by atoms with Crippen molar-refractivity contribution in [2.45, 2.75) is 31.3 Å². The number of nitriles is 1. The number of hydrogen-bond acceptors (Lipinski definition) is 5. The van der Waals surface area contributed by atoms with E-state index >= 15 is 0 Å². The molecule has 0 radical (unpaired) electrons. The Kier molecular flexibility index (Phi) is 8.81. The van der Waals surface area contributed by atoms with Crippen LogP contribution < -0.4 is 15.5 Å². The number of thioether (sulfide) groups is 1. The van der Waals surface area contributed by atoms with E-state index in [0.29, 0.717) is 5.92 Å². The quantitative estimate of drug-likeness (QED) is 0.581. The van der Waals surface area contributed by atoms with Crippen LogP contribution in [-0.4, -0.2) is 43.9 Å². The third kappa shape index (κ3) is 7.02. The zero-order chi connectivity index (χ0) is 22.1. The van der Waals surface area contributed by atoms with Gasteiger partial charge in [0.25, 0.3) is 0 Å². The zero-order valence-corrected chi connectivity index (χ0v) is 19.3. The Morgan fingerprint density at radius 3 is 2.29 bits per heavy atom. The Morgan fingerprint density at radius 1 is 1.10 bits per heavy atom. The lowest BCUT2D eigenvalue weighted by Crippen LogP contribution is -2.43. The van der Waals surface area contributed by atoms with Crippen molar-refractivity contribution in [2.75, 3.05) is 37.6 Å². The van der Waals surface area contributed by atoms with E-state index in [4.69, 9.17) is 5.26 Å². The molecule has 1 fully saturated rings. The Balaban J connectivity index is 1.58. The van der Waals surface area contributed by atoms with Crippen molar-refractivity contribution in [2.24, 2.45) is 5.92 Å². The summed E-state index contributed by atoms with van der Waals surface area (Å²) in [5.41, 5.74) is 4.90.